The second kappa shape index (κ2) is 7.45. The number of carboxylic acid groups (broad SMARTS) is 1. The van der Waals surface area contributed by atoms with Gasteiger partial charge in [-0.05, 0) is 56.3 Å². The van der Waals surface area contributed by atoms with Gasteiger partial charge in [0.15, 0.2) is 0 Å². The highest BCUT2D eigenvalue weighted by Crippen LogP contribution is 2.55. The van der Waals surface area contributed by atoms with Crippen LogP contribution in [0.1, 0.15) is 51.9 Å². The van der Waals surface area contributed by atoms with Crippen LogP contribution in [0.4, 0.5) is 4.79 Å². The van der Waals surface area contributed by atoms with E-state index in [2.05, 4.69) is 10.6 Å². The van der Waals surface area contributed by atoms with Crippen molar-refractivity contribution in [3.63, 3.8) is 0 Å². The summed E-state index contributed by atoms with van der Waals surface area (Å²) in [6, 6.07) is -0.179. The molecule has 4 saturated carbocycles. The zero-order chi connectivity index (χ0) is 18.9. The molecule has 7 nitrogen and oxygen atoms in total. The summed E-state index contributed by atoms with van der Waals surface area (Å²) in [5.41, 5.74) is -0.0312. The van der Waals surface area contributed by atoms with Crippen molar-refractivity contribution in [2.45, 2.75) is 57.4 Å². The number of amides is 3. The van der Waals surface area contributed by atoms with Gasteiger partial charge in [0.2, 0.25) is 5.91 Å². The Morgan fingerprint density at radius 1 is 1.12 bits per heavy atom. The molecule has 4 aliphatic rings. The number of carboxylic acids is 1. The first-order valence-electron chi connectivity index (χ1n) is 9.79. The topological polar surface area (TPSA) is 98.7 Å². The predicted octanol–water partition coefficient (Wildman–Crippen LogP) is 1.82. The number of rotatable bonds is 7. The van der Waals surface area contributed by atoms with E-state index in [0.717, 1.165) is 37.0 Å². The third-order valence-corrected chi connectivity index (χ3v) is 6.44. The summed E-state index contributed by atoms with van der Waals surface area (Å²) in [6.07, 6.45) is 7.47. The lowest BCUT2D eigenvalue weighted by Gasteiger charge is -2.56. The summed E-state index contributed by atoms with van der Waals surface area (Å²) in [5.74, 6) is 0.635. The molecule has 7 heteroatoms. The van der Waals surface area contributed by atoms with Gasteiger partial charge in [0.25, 0.3) is 0 Å². The minimum atomic E-state index is -0.919. The predicted molar refractivity (Wildman–Crippen MR) is 96.5 cm³/mol. The molecule has 0 aromatic rings. The van der Waals surface area contributed by atoms with Crippen LogP contribution in [0.25, 0.3) is 0 Å². The molecule has 0 aliphatic heterocycles. The fourth-order valence-electron chi connectivity index (χ4n) is 5.61. The van der Waals surface area contributed by atoms with Crippen molar-refractivity contribution in [2.75, 3.05) is 20.1 Å². The van der Waals surface area contributed by atoms with E-state index in [0.29, 0.717) is 0 Å². The van der Waals surface area contributed by atoms with Gasteiger partial charge in [-0.2, -0.15) is 0 Å². The van der Waals surface area contributed by atoms with Gasteiger partial charge in [0.1, 0.15) is 0 Å². The standard InChI is InChI=1S/C19H31N3O4/c1-12(17(24)25)11-22(2)16(23)3-4-20-18(26)21-19-8-13-5-14(9-19)7-15(6-13)10-19/h12-15H,3-11H2,1-2H3,(H,24,25)(H2,20,21,26). The van der Waals surface area contributed by atoms with Gasteiger partial charge in [0.05, 0.1) is 5.92 Å². The molecule has 146 valence electrons. The molecule has 1 unspecified atom stereocenters. The smallest absolute Gasteiger partial charge is 0.315 e. The Bertz CT molecular complexity index is 542. The molecule has 0 spiro atoms. The minimum Gasteiger partial charge on any atom is -0.481 e. The van der Waals surface area contributed by atoms with Crippen LogP contribution < -0.4 is 10.6 Å². The van der Waals surface area contributed by atoms with E-state index in [1.807, 2.05) is 0 Å². The SMILES string of the molecule is CC(CN(C)C(=O)CCNC(=O)NC12CC3CC(CC(C3)C1)C2)C(=O)O. The number of nitrogens with zero attached hydrogens (tertiary/aromatic N) is 1. The summed E-state index contributed by atoms with van der Waals surface area (Å²) in [5, 5.41) is 14.9. The van der Waals surface area contributed by atoms with E-state index in [1.165, 1.54) is 24.2 Å². The molecule has 0 heterocycles. The van der Waals surface area contributed by atoms with Crippen LogP contribution in [0.15, 0.2) is 0 Å². The molecule has 26 heavy (non-hydrogen) atoms. The first kappa shape index (κ1) is 19.0. The molecule has 3 amide bonds. The first-order chi connectivity index (χ1) is 12.3. The maximum absolute atomic E-state index is 12.3. The van der Waals surface area contributed by atoms with Gasteiger partial charge in [0, 0.05) is 32.1 Å². The summed E-state index contributed by atoms with van der Waals surface area (Å²) in [6.45, 7) is 2.01. The molecule has 3 N–H and O–H groups in total. The number of nitrogens with one attached hydrogen (secondary N) is 2. The molecule has 1 atom stereocenters. The maximum Gasteiger partial charge on any atom is 0.315 e. The number of hydrogen-bond donors (Lipinski definition) is 3. The number of carbonyl (C=O) groups is 3. The number of carbonyl (C=O) groups excluding carboxylic acids is 2. The minimum absolute atomic E-state index is 0.0312. The molecule has 0 radical (unpaired) electrons. The van der Waals surface area contributed by atoms with Gasteiger partial charge in [-0.1, -0.05) is 6.92 Å². The van der Waals surface area contributed by atoms with Gasteiger partial charge in [-0.25, -0.2) is 4.79 Å². The summed E-state index contributed by atoms with van der Waals surface area (Å²) >= 11 is 0. The van der Waals surface area contributed by atoms with Crippen molar-refractivity contribution in [1.29, 1.82) is 0 Å². The van der Waals surface area contributed by atoms with E-state index >= 15 is 0 Å². The number of hydrogen-bond acceptors (Lipinski definition) is 3. The molecular weight excluding hydrogens is 334 g/mol. The Morgan fingerprint density at radius 2 is 1.65 bits per heavy atom. The van der Waals surface area contributed by atoms with Crippen LogP contribution in [0.3, 0.4) is 0 Å². The zero-order valence-electron chi connectivity index (χ0n) is 15.8. The molecule has 4 aliphatic carbocycles. The fraction of sp³-hybridized carbons (Fsp3) is 0.842. The monoisotopic (exact) mass is 365 g/mol. The highest BCUT2D eigenvalue weighted by Gasteiger charge is 2.51. The van der Waals surface area contributed by atoms with E-state index in [-0.39, 0.29) is 37.0 Å². The Hall–Kier alpha value is -1.79. The molecule has 4 rings (SSSR count). The lowest BCUT2D eigenvalue weighted by atomic mass is 9.53. The highest BCUT2D eigenvalue weighted by atomic mass is 16.4. The Labute approximate surface area is 154 Å². The first-order valence-corrected chi connectivity index (χ1v) is 9.79. The third kappa shape index (κ3) is 4.30. The van der Waals surface area contributed by atoms with Crippen LogP contribution in [0.2, 0.25) is 0 Å². The molecule has 0 aromatic heterocycles. The lowest BCUT2D eigenvalue weighted by molar-refractivity contribution is -0.142. The van der Waals surface area contributed by atoms with Crippen LogP contribution in [0.5, 0.6) is 0 Å². The van der Waals surface area contributed by atoms with Crippen molar-refractivity contribution >= 4 is 17.9 Å². The Balaban J connectivity index is 1.39. The van der Waals surface area contributed by atoms with Crippen LogP contribution >= 0.6 is 0 Å². The van der Waals surface area contributed by atoms with Gasteiger partial charge < -0.3 is 20.6 Å². The van der Waals surface area contributed by atoms with Crippen molar-refractivity contribution in [3.8, 4) is 0 Å². The zero-order valence-corrected chi connectivity index (χ0v) is 15.8. The molecule has 0 saturated heterocycles. The van der Waals surface area contributed by atoms with E-state index in [1.54, 1.807) is 14.0 Å². The Kier molecular flexibility index (Phi) is 5.44. The fourth-order valence-corrected chi connectivity index (χ4v) is 5.61. The summed E-state index contributed by atoms with van der Waals surface area (Å²) in [7, 11) is 1.59. The van der Waals surface area contributed by atoms with E-state index in [4.69, 9.17) is 5.11 Å². The van der Waals surface area contributed by atoms with E-state index in [9.17, 15) is 14.4 Å². The second-order valence-electron chi connectivity index (χ2n) is 8.84. The van der Waals surface area contributed by atoms with Crippen molar-refractivity contribution in [1.82, 2.24) is 15.5 Å². The summed E-state index contributed by atoms with van der Waals surface area (Å²) in [4.78, 5) is 36.6. The van der Waals surface area contributed by atoms with Crippen LogP contribution in [0, 0.1) is 23.7 Å². The van der Waals surface area contributed by atoms with Crippen LogP contribution in [-0.2, 0) is 9.59 Å². The number of urea groups is 1. The van der Waals surface area contributed by atoms with Crippen molar-refractivity contribution in [3.05, 3.63) is 0 Å². The van der Waals surface area contributed by atoms with Crippen LogP contribution in [-0.4, -0.2) is 53.6 Å². The maximum atomic E-state index is 12.3. The van der Waals surface area contributed by atoms with Gasteiger partial charge in [-0.15, -0.1) is 0 Å². The van der Waals surface area contributed by atoms with Gasteiger partial charge >= 0.3 is 12.0 Å². The average Bonchev–Trinajstić information content (AvgIpc) is 2.52. The third-order valence-electron chi connectivity index (χ3n) is 6.44. The highest BCUT2D eigenvalue weighted by molar-refractivity contribution is 5.79. The van der Waals surface area contributed by atoms with Gasteiger partial charge in [-0.3, -0.25) is 9.59 Å². The number of aliphatic carboxylic acids is 1. The summed E-state index contributed by atoms with van der Waals surface area (Å²) < 4.78 is 0. The molecule has 0 aromatic carbocycles. The lowest BCUT2D eigenvalue weighted by Crippen LogP contribution is -2.61. The normalized spacial score (nSPS) is 32.8. The van der Waals surface area contributed by atoms with Crippen molar-refractivity contribution < 1.29 is 19.5 Å². The molecule has 4 bridgehead atoms. The molecular formula is C19H31N3O4. The van der Waals surface area contributed by atoms with E-state index < -0.39 is 11.9 Å². The second-order valence-corrected chi connectivity index (χ2v) is 8.84. The average molecular weight is 365 g/mol. The quantitative estimate of drug-likeness (QED) is 0.641. The largest absolute Gasteiger partial charge is 0.481 e. The Morgan fingerprint density at radius 3 is 2.15 bits per heavy atom. The molecule has 4 fully saturated rings. The van der Waals surface area contributed by atoms with Crippen molar-refractivity contribution in [2.24, 2.45) is 23.7 Å².